The van der Waals surface area contributed by atoms with Gasteiger partial charge in [-0.05, 0) is 22.0 Å². The van der Waals surface area contributed by atoms with Gasteiger partial charge in [-0.25, -0.2) is 9.78 Å². The molecule has 1 N–H and O–H groups in total. The van der Waals surface area contributed by atoms with Crippen LogP contribution in [0.2, 0.25) is 5.02 Å². The topological polar surface area (TPSA) is 72.3 Å². The molecule has 0 unspecified atom stereocenters. The Bertz CT molecular complexity index is 607. The van der Waals surface area contributed by atoms with Crippen LogP contribution >= 0.6 is 27.5 Å². The third-order valence-corrected chi connectivity index (χ3v) is 2.58. The molecule has 92 valence electrons. The second-order valence-electron chi connectivity index (χ2n) is 3.25. The van der Waals surface area contributed by atoms with E-state index in [4.69, 9.17) is 21.4 Å². The van der Waals surface area contributed by atoms with Crippen LogP contribution in [0.1, 0.15) is 10.4 Å². The van der Waals surface area contributed by atoms with Crippen LogP contribution in [0.5, 0.6) is 11.6 Å². The van der Waals surface area contributed by atoms with Crippen LogP contribution in [0.25, 0.3) is 0 Å². The lowest BCUT2D eigenvalue weighted by atomic mass is 10.3. The fourth-order valence-electron chi connectivity index (χ4n) is 1.22. The molecule has 0 radical (unpaired) electrons. The maximum Gasteiger partial charge on any atom is 0.341 e. The lowest BCUT2D eigenvalue weighted by molar-refractivity contribution is 0.0693. The molecule has 7 heteroatoms. The van der Waals surface area contributed by atoms with Crippen LogP contribution in [-0.4, -0.2) is 21.0 Å². The van der Waals surface area contributed by atoms with Crippen molar-refractivity contribution in [3.63, 3.8) is 0 Å². The highest BCUT2D eigenvalue weighted by Crippen LogP contribution is 2.26. The Hall–Kier alpha value is -1.66. The molecule has 0 amide bonds. The molecule has 0 aliphatic heterocycles. The van der Waals surface area contributed by atoms with Crippen molar-refractivity contribution in [2.45, 2.75) is 0 Å². The summed E-state index contributed by atoms with van der Waals surface area (Å²) in [4.78, 5) is 18.8. The van der Waals surface area contributed by atoms with Crippen LogP contribution < -0.4 is 4.74 Å². The Kier molecular flexibility index (Phi) is 3.78. The average molecular weight is 330 g/mol. The van der Waals surface area contributed by atoms with E-state index in [2.05, 4.69) is 25.9 Å². The summed E-state index contributed by atoms with van der Waals surface area (Å²) in [5.41, 5.74) is -0.0515. The molecule has 0 saturated carbocycles. The van der Waals surface area contributed by atoms with Gasteiger partial charge in [0.25, 0.3) is 0 Å². The third-order valence-electron chi connectivity index (χ3n) is 1.94. The predicted molar refractivity (Wildman–Crippen MR) is 68.2 cm³/mol. The summed E-state index contributed by atoms with van der Waals surface area (Å²) in [5, 5.41) is 9.43. The number of halogens is 2. The van der Waals surface area contributed by atoms with Gasteiger partial charge in [0.05, 0.1) is 11.2 Å². The molecule has 0 saturated heterocycles. The molecule has 5 nitrogen and oxygen atoms in total. The number of aromatic carboxylic acids is 1. The van der Waals surface area contributed by atoms with Gasteiger partial charge in [0, 0.05) is 22.9 Å². The number of hydrogen-bond donors (Lipinski definition) is 1. The third kappa shape index (κ3) is 2.96. The molecule has 2 rings (SSSR count). The zero-order valence-electron chi connectivity index (χ0n) is 8.80. The van der Waals surface area contributed by atoms with Gasteiger partial charge in [0.1, 0.15) is 11.3 Å². The van der Waals surface area contributed by atoms with Crippen LogP contribution in [0.3, 0.4) is 0 Å². The summed E-state index contributed by atoms with van der Waals surface area (Å²) in [6.45, 7) is 0. The molecule has 0 spiro atoms. The highest BCUT2D eigenvalue weighted by Gasteiger charge is 2.14. The average Bonchev–Trinajstić information content (AvgIpc) is 2.31. The van der Waals surface area contributed by atoms with Crippen molar-refractivity contribution in [2.75, 3.05) is 0 Å². The van der Waals surface area contributed by atoms with E-state index in [0.717, 1.165) is 0 Å². The van der Waals surface area contributed by atoms with Gasteiger partial charge in [0.2, 0.25) is 5.88 Å². The van der Waals surface area contributed by atoms with Crippen molar-refractivity contribution in [3.8, 4) is 11.6 Å². The number of nitrogens with zero attached hydrogens (tertiary/aromatic N) is 2. The van der Waals surface area contributed by atoms with Crippen LogP contribution in [0.15, 0.2) is 35.2 Å². The van der Waals surface area contributed by atoms with Crippen molar-refractivity contribution in [1.82, 2.24) is 9.97 Å². The second kappa shape index (κ2) is 5.32. The standard InChI is InChI=1S/C11H6BrClN2O3/c12-6-1-9(11(16)17)10(15-3-6)18-8-2-7(13)4-14-5-8/h1-5H,(H,16,17). The Morgan fingerprint density at radius 2 is 2.11 bits per heavy atom. The zero-order chi connectivity index (χ0) is 13.1. The Labute approximate surface area is 116 Å². The number of hydrogen-bond acceptors (Lipinski definition) is 4. The van der Waals surface area contributed by atoms with Crippen molar-refractivity contribution >= 4 is 33.5 Å². The Morgan fingerprint density at radius 3 is 2.78 bits per heavy atom. The molecular formula is C11H6BrClN2O3. The van der Waals surface area contributed by atoms with Crippen molar-refractivity contribution in [3.05, 3.63) is 45.8 Å². The molecule has 0 aromatic carbocycles. The number of ether oxygens (including phenoxy) is 1. The van der Waals surface area contributed by atoms with E-state index in [1.165, 1.54) is 30.7 Å². The fourth-order valence-corrected chi connectivity index (χ4v) is 1.72. The highest BCUT2D eigenvalue weighted by molar-refractivity contribution is 9.10. The van der Waals surface area contributed by atoms with E-state index in [-0.39, 0.29) is 11.4 Å². The summed E-state index contributed by atoms with van der Waals surface area (Å²) >= 11 is 8.90. The summed E-state index contributed by atoms with van der Waals surface area (Å²) in [6.07, 6.45) is 4.31. The van der Waals surface area contributed by atoms with Crippen molar-refractivity contribution in [1.29, 1.82) is 0 Å². The Morgan fingerprint density at radius 1 is 1.33 bits per heavy atom. The lowest BCUT2D eigenvalue weighted by Crippen LogP contribution is -2.02. The van der Waals surface area contributed by atoms with Gasteiger partial charge in [-0.2, -0.15) is 0 Å². The zero-order valence-corrected chi connectivity index (χ0v) is 11.1. The van der Waals surface area contributed by atoms with Gasteiger partial charge in [-0.1, -0.05) is 11.6 Å². The van der Waals surface area contributed by atoms with Gasteiger partial charge in [-0.3, -0.25) is 4.98 Å². The minimum absolute atomic E-state index is 0.0187. The largest absolute Gasteiger partial charge is 0.477 e. The number of carbonyl (C=O) groups is 1. The first kappa shape index (κ1) is 12.8. The van der Waals surface area contributed by atoms with Crippen molar-refractivity contribution in [2.24, 2.45) is 0 Å². The van der Waals surface area contributed by atoms with Gasteiger partial charge in [0.15, 0.2) is 0 Å². The van der Waals surface area contributed by atoms with Crippen molar-refractivity contribution < 1.29 is 14.6 Å². The minimum Gasteiger partial charge on any atom is -0.477 e. The van der Waals surface area contributed by atoms with Gasteiger partial charge >= 0.3 is 5.97 Å². The monoisotopic (exact) mass is 328 g/mol. The highest BCUT2D eigenvalue weighted by atomic mass is 79.9. The number of rotatable bonds is 3. The molecular weight excluding hydrogens is 323 g/mol. The van der Waals surface area contributed by atoms with Gasteiger partial charge in [-0.15, -0.1) is 0 Å². The van der Waals surface area contributed by atoms with E-state index in [1.807, 2.05) is 0 Å². The molecule has 0 aliphatic rings. The van der Waals surface area contributed by atoms with Crippen LogP contribution in [0.4, 0.5) is 0 Å². The van der Waals surface area contributed by atoms with E-state index in [9.17, 15) is 4.79 Å². The first-order valence-corrected chi connectivity index (χ1v) is 5.90. The number of carboxylic acids is 1. The summed E-state index contributed by atoms with van der Waals surface area (Å²) in [5.74, 6) is -0.830. The first-order valence-electron chi connectivity index (χ1n) is 4.73. The Balaban J connectivity index is 2.37. The molecule has 2 heterocycles. The summed E-state index contributed by atoms with van der Waals surface area (Å²) in [6, 6.07) is 2.92. The summed E-state index contributed by atoms with van der Waals surface area (Å²) < 4.78 is 5.90. The summed E-state index contributed by atoms with van der Waals surface area (Å²) in [7, 11) is 0. The molecule has 0 fully saturated rings. The number of carboxylic acid groups (broad SMARTS) is 1. The first-order chi connectivity index (χ1) is 8.56. The SMILES string of the molecule is O=C(O)c1cc(Br)cnc1Oc1cncc(Cl)c1. The fraction of sp³-hybridized carbons (Fsp3) is 0. The smallest absolute Gasteiger partial charge is 0.341 e. The normalized spacial score (nSPS) is 10.1. The predicted octanol–water partition coefficient (Wildman–Crippen LogP) is 3.38. The molecule has 2 aromatic heterocycles. The van der Waals surface area contributed by atoms with E-state index >= 15 is 0 Å². The maximum atomic E-state index is 11.0. The second-order valence-corrected chi connectivity index (χ2v) is 4.60. The van der Waals surface area contributed by atoms with E-state index in [0.29, 0.717) is 15.2 Å². The molecule has 0 atom stereocenters. The molecule has 2 aromatic rings. The molecule has 0 aliphatic carbocycles. The minimum atomic E-state index is -1.13. The lowest BCUT2D eigenvalue weighted by Gasteiger charge is -2.07. The number of aromatic nitrogens is 2. The number of pyridine rings is 2. The quantitative estimate of drug-likeness (QED) is 0.934. The molecule has 0 bridgehead atoms. The maximum absolute atomic E-state index is 11.0. The van der Waals surface area contributed by atoms with E-state index in [1.54, 1.807) is 0 Å². The molecule has 18 heavy (non-hydrogen) atoms. The van der Waals surface area contributed by atoms with Crippen LogP contribution in [-0.2, 0) is 0 Å². The van der Waals surface area contributed by atoms with E-state index < -0.39 is 5.97 Å². The van der Waals surface area contributed by atoms with Crippen LogP contribution in [0, 0.1) is 0 Å². The van der Waals surface area contributed by atoms with Gasteiger partial charge < -0.3 is 9.84 Å².